The van der Waals surface area contributed by atoms with E-state index in [4.69, 9.17) is 21.1 Å². The Morgan fingerprint density at radius 3 is 2.62 bits per heavy atom. The summed E-state index contributed by atoms with van der Waals surface area (Å²) < 4.78 is 10.6. The molecule has 0 spiro atoms. The topological polar surface area (TPSA) is 64.6 Å². The molecular weight excluding hydrogens is 330 g/mol. The summed E-state index contributed by atoms with van der Waals surface area (Å²) in [4.78, 5) is 24.4. The standard InChI is InChI=1S/C18H18ClNO4/c1-3-23-16-10-5-4-9-15(16)18(22)24-12(2)17(21)20-14-8-6-7-13(19)11-14/h4-12H,3H2,1-2H3,(H,20,21)/t12-/m0/s1. The van der Waals surface area contributed by atoms with Gasteiger partial charge in [0.2, 0.25) is 0 Å². The second-order valence-electron chi connectivity index (χ2n) is 4.98. The number of anilines is 1. The van der Waals surface area contributed by atoms with Crippen molar-refractivity contribution < 1.29 is 19.1 Å². The summed E-state index contributed by atoms with van der Waals surface area (Å²) in [5.74, 6) is -0.639. The highest BCUT2D eigenvalue weighted by atomic mass is 35.5. The Kier molecular flexibility index (Phi) is 6.21. The molecule has 1 amide bonds. The van der Waals surface area contributed by atoms with Crippen LogP contribution in [0.4, 0.5) is 5.69 Å². The van der Waals surface area contributed by atoms with Gasteiger partial charge in [-0.2, -0.15) is 0 Å². The summed E-state index contributed by atoms with van der Waals surface area (Å²) in [6.45, 7) is 3.75. The normalized spacial score (nSPS) is 11.5. The molecule has 0 saturated carbocycles. The largest absolute Gasteiger partial charge is 0.493 e. The predicted molar refractivity (Wildman–Crippen MR) is 92.6 cm³/mol. The molecule has 0 fully saturated rings. The fraction of sp³-hybridized carbons (Fsp3) is 0.222. The number of esters is 1. The molecule has 6 heteroatoms. The fourth-order valence-corrected chi connectivity index (χ4v) is 2.19. The zero-order chi connectivity index (χ0) is 17.5. The second kappa shape index (κ2) is 8.36. The number of carbonyl (C=O) groups excluding carboxylic acids is 2. The molecule has 0 saturated heterocycles. The van der Waals surface area contributed by atoms with Gasteiger partial charge >= 0.3 is 5.97 Å². The minimum absolute atomic E-state index is 0.279. The molecule has 0 heterocycles. The van der Waals surface area contributed by atoms with Gasteiger partial charge in [0.15, 0.2) is 6.10 Å². The lowest BCUT2D eigenvalue weighted by Crippen LogP contribution is -2.30. The van der Waals surface area contributed by atoms with Crippen molar-refractivity contribution in [3.63, 3.8) is 0 Å². The van der Waals surface area contributed by atoms with E-state index in [0.29, 0.717) is 23.1 Å². The van der Waals surface area contributed by atoms with Crippen molar-refractivity contribution in [3.8, 4) is 5.75 Å². The second-order valence-corrected chi connectivity index (χ2v) is 5.41. The third-order valence-electron chi connectivity index (χ3n) is 3.15. The van der Waals surface area contributed by atoms with E-state index in [0.717, 1.165) is 0 Å². The van der Waals surface area contributed by atoms with Crippen LogP contribution in [0.2, 0.25) is 5.02 Å². The Morgan fingerprint density at radius 2 is 1.92 bits per heavy atom. The number of hydrogen-bond donors (Lipinski definition) is 1. The van der Waals surface area contributed by atoms with Gasteiger partial charge in [-0.15, -0.1) is 0 Å². The van der Waals surface area contributed by atoms with Crippen LogP contribution in [0.15, 0.2) is 48.5 Å². The first kappa shape index (κ1) is 17.8. The first-order chi connectivity index (χ1) is 11.5. The van der Waals surface area contributed by atoms with Gasteiger partial charge in [-0.25, -0.2) is 4.79 Å². The molecule has 0 unspecified atom stereocenters. The molecule has 0 aliphatic carbocycles. The Morgan fingerprint density at radius 1 is 1.17 bits per heavy atom. The predicted octanol–water partition coefficient (Wildman–Crippen LogP) is 3.92. The maximum absolute atomic E-state index is 12.3. The maximum Gasteiger partial charge on any atom is 0.342 e. The van der Waals surface area contributed by atoms with Crippen LogP contribution in [0.25, 0.3) is 0 Å². The SMILES string of the molecule is CCOc1ccccc1C(=O)O[C@@H](C)C(=O)Nc1cccc(Cl)c1. The third-order valence-corrected chi connectivity index (χ3v) is 3.39. The van der Waals surface area contributed by atoms with E-state index in [1.165, 1.54) is 6.92 Å². The van der Waals surface area contributed by atoms with Crippen LogP contribution in [-0.4, -0.2) is 24.6 Å². The molecule has 126 valence electrons. The summed E-state index contributed by atoms with van der Waals surface area (Å²) in [7, 11) is 0. The molecule has 24 heavy (non-hydrogen) atoms. The molecule has 0 aromatic heterocycles. The van der Waals surface area contributed by atoms with E-state index in [2.05, 4.69) is 5.32 Å². The Hall–Kier alpha value is -2.53. The van der Waals surface area contributed by atoms with Crippen molar-refractivity contribution in [2.75, 3.05) is 11.9 Å². The first-order valence-corrected chi connectivity index (χ1v) is 7.88. The van der Waals surface area contributed by atoms with Crippen LogP contribution in [0.3, 0.4) is 0 Å². The van der Waals surface area contributed by atoms with Gasteiger partial charge in [0.25, 0.3) is 5.91 Å². The zero-order valence-corrected chi connectivity index (χ0v) is 14.2. The number of para-hydroxylation sites is 1. The molecule has 0 aliphatic rings. The van der Waals surface area contributed by atoms with Crippen LogP contribution in [-0.2, 0) is 9.53 Å². The quantitative estimate of drug-likeness (QED) is 0.804. The molecule has 2 rings (SSSR count). The molecule has 0 aliphatic heterocycles. The third kappa shape index (κ3) is 4.73. The molecule has 1 N–H and O–H groups in total. The molecule has 0 radical (unpaired) electrons. The number of nitrogens with one attached hydrogen (secondary N) is 1. The Labute approximate surface area is 145 Å². The van der Waals surface area contributed by atoms with Gasteiger partial charge < -0.3 is 14.8 Å². The smallest absolute Gasteiger partial charge is 0.342 e. The van der Waals surface area contributed by atoms with E-state index >= 15 is 0 Å². The fourth-order valence-electron chi connectivity index (χ4n) is 2.00. The molecule has 1 atom stereocenters. The van der Waals surface area contributed by atoms with E-state index in [1.54, 1.807) is 48.5 Å². The average molecular weight is 348 g/mol. The van der Waals surface area contributed by atoms with Crippen molar-refractivity contribution in [1.29, 1.82) is 0 Å². The Bertz CT molecular complexity index is 732. The maximum atomic E-state index is 12.3. The van der Waals surface area contributed by atoms with Gasteiger partial charge in [0.05, 0.1) is 6.61 Å². The highest BCUT2D eigenvalue weighted by Gasteiger charge is 2.21. The lowest BCUT2D eigenvalue weighted by molar-refractivity contribution is -0.123. The van der Waals surface area contributed by atoms with E-state index in [9.17, 15) is 9.59 Å². The van der Waals surface area contributed by atoms with Gasteiger partial charge in [0.1, 0.15) is 11.3 Å². The molecule has 0 bridgehead atoms. The molecule has 2 aromatic rings. The minimum Gasteiger partial charge on any atom is -0.493 e. The minimum atomic E-state index is -0.967. The van der Waals surface area contributed by atoms with Crippen LogP contribution in [0.5, 0.6) is 5.75 Å². The van der Waals surface area contributed by atoms with E-state index < -0.39 is 18.0 Å². The zero-order valence-electron chi connectivity index (χ0n) is 13.4. The summed E-state index contributed by atoms with van der Waals surface area (Å²) in [5, 5.41) is 3.15. The average Bonchev–Trinajstić information content (AvgIpc) is 2.55. The van der Waals surface area contributed by atoms with Gasteiger partial charge in [-0.3, -0.25) is 4.79 Å². The van der Waals surface area contributed by atoms with Crippen molar-refractivity contribution in [2.45, 2.75) is 20.0 Å². The van der Waals surface area contributed by atoms with Crippen molar-refractivity contribution in [2.24, 2.45) is 0 Å². The summed E-state index contributed by atoms with van der Waals surface area (Å²) >= 11 is 5.87. The van der Waals surface area contributed by atoms with Crippen molar-refractivity contribution in [1.82, 2.24) is 0 Å². The highest BCUT2D eigenvalue weighted by Crippen LogP contribution is 2.20. The number of carbonyl (C=O) groups is 2. The van der Waals surface area contributed by atoms with Crippen molar-refractivity contribution in [3.05, 3.63) is 59.1 Å². The van der Waals surface area contributed by atoms with Gasteiger partial charge in [0, 0.05) is 10.7 Å². The first-order valence-electron chi connectivity index (χ1n) is 7.50. The lowest BCUT2D eigenvalue weighted by Gasteiger charge is -2.15. The number of ether oxygens (including phenoxy) is 2. The number of amides is 1. The summed E-state index contributed by atoms with van der Waals surface area (Å²) in [6, 6.07) is 13.5. The summed E-state index contributed by atoms with van der Waals surface area (Å²) in [6.07, 6.45) is -0.967. The van der Waals surface area contributed by atoms with E-state index in [-0.39, 0.29) is 5.56 Å². The monoisotopic (exact) mass is 347 g/mol. The van der Waals surface area contributed by atoms with Crippen LogP contribution in [0.1, 0.15) is 24.2 Å². The number of rotatable bonds is 6. The number of benzene rings is 2. The Balaban J connectivity index is 2.02. The van der Waals surface area contributed by atoms with Gasteiger partial charge in [-0.05, 0) is 44.2 Å². The number of hydrogen-bond acceptors (Lipinski definition) is 4. The van der Waals surface area contributed by atoms with E-state index in [1.807, 2.05) is 6.92 Å². The lowest BCUT2D eigenvalue weighted by atomic mass is 10.2. The van der Waals surface area contributed by atoms with Crippen molar-refractivity contribution >= 4 is 29.2 Å². The van der Waals surface area contributed by atoms with Crippen LogP contribution >= 0.6 is 11.6 Å². The highest BCUT2D eigenvalue weighted by molar-refractivity contribution is 6.30. The molecule has 5 nitrogen and oxygen atoms in total. The number of halogens is 1. The molecule has 2 aromatic carbocycles. The summed E-state index contributed by atoms with van der Waals surface area (Å²) in [5.41, 5.74) is 0.812. The van der Waals surface area contributed by atoms with Crippen LogP contribution in [0, 0.1) is 0 Å². The van der Waals surface area contributed by atoms with Crippen LogP contribution < -0.4 is 10.1 Å². The van der Waals surface area contributed by atoms with Gasteiger partial charge in [-0.1, -0.05) is 29.8 Å². The molecular formula is C18H18ClNO4.